The Morgan fingerprint density at radius 1 is 0.846 bits per heavy atom. The van der Waals surface area contributed by atoms with Crippen LogP contribution in [-0.2, 0) is 4.74 Å². The van der Waals surface area contributed by atoms with Crippen molar-refractivity contribution >= 4 is 0 Å². The zero-order valence-electron chi connectivity index (χ0n) is 12.7. The lowest BCUT2D eigenvalue weighted by Gasteiger charge is -2.25. The van der Waals surface area contributed by atoms with Gasteiger partial charge in [0.25, 0.3) is 0 Å². The van der Waals surface area contributed by atoms with E-state index in [1.54, 1.807) is 30.3 Å². The number of aromatic hydroxyl groups is 1. The van der Waals surface area contributed by atoms with Crippen molar-refractivity contribution in [2.45, 2.75) is 18.4 Å². The zero-order valence-corrected chi connectivity index (χ0v) is 12.7. The minimum Gasteiger partial charge on any atom is -0.508 e. The molecule has 2 rings (SSSR count). The highest BCUT2D eigenvalue weighted by Gasteiger charge is 2.64. The van der Waals surface area contributed by atoms with Crippen molar-refractivity contribution in [2.75, 3.05) is 6.61 Å². The Bertz CT molecular complexity index is 745. The van der Waals surface area contributed by atoms with Gasteiger partial charge in [-0.2, -0.15) is 30.7 Å². The molecule has 0 atom stereocenters. The van der Waals surface area contributed by atoms with E-state index >= 15 is 0 Å². The van der Waals surface area contributed by atoms with Crippen molar-refractivity contribution in [2.24, 2.45) is 0 Å². The first-order valence-corrected chi connectivity index (χ1v) is 6.95. The maximum Gasteiger partial charge on any atom is 0.483 e. The Hall–Kier alpha value is -2.49. The van der Waals surface area contributed by atoms with Gasteiger partial charge in [-0.3, -0.25) is 0 Å². The van der Waals surface area contributed by atoms with E-state index < -0.39 is 25.0 Å². The molecule has 0 fully saturated rings. The van der Waals surface area contributed by atoms with Gasteiger partial charge < -0.3 is 9.84 Å². The second-order valence-electron chi connectivity index (χ2n) is 5.09. The molecule has 0 saturated carbocycles. The second kappa shape index (κ2) is 7.02. The number of phenols is 1. The summed E-state index contributed by atoms with van der Waals surface area (Å²) in [4.78, 5) is 0. The smallest absolute Gasteiger partial charge is 0.483 e. The summed E-state index contributed by atoms with van der Waals surface area (Å²) in [7, 11) is 0. The molecule has 26 heavy (non-hydrogen) atoms. The van der Waals surface area contributed by atoms with Gasteiger partial charge in [0.1, 0.15) is 11.5 Å². The molecule has 0 aliphatic rings. The van der Waals surface area contributed by atoms with Crippen molar-refractivity contribution in [1.29, 1.82) is 0 Å². The number of alkyl halides is 7. The Labute approximate surface area is 142 Å². The quantitative estimate of drug-likeness (QED) is 0.696. The lowest BCUT2D eigenvalue weighted by molar-refractivity contribution is -0.458. The van der Waals surface area contributed by atoms with E-state index in [4.69, 9.17) is 0 Å². The predicted octanol–water partition coefficient (Wildman–Crippen LogP) is 5.20. The lowest BCUT2D eigenvalue weighted by Crippen LogP contribution is -2.46. The Morgan fingerprint density at radius 3 is 2.04 bits per heavy atom. The highest BCUT2D eigenvalue weighted by atomic mass is 19.4. The maximum atomic E-state index is 13.4. The summed E-state index contributed by atoms with van der Waals surface area (Å²) in [6.45, 7) is -1.93. The van der Waals surface area contributed by atoms with Crippen LogP contribution >= 0.6 is 0 Å². The number of hydrogen-bond donors (Lipinski definition) is 1. The summed E-state index contributed by atoms with van der Waals surface area (Å²) >= 11 is 0. The van der Waals surface area contributed by atoms with Crippen LogP contribution in [0.4, 0.5) is 30.7 Å². The molecule has 1 N–H and O–H groups in total. The molecule has 0 aliphatic carbocycles. The number of hydrogen-bond acceptors (Lipinski definition) is 3. The van der Waals surface area contributed by atoms with Crippen molar-refractivity contribution < 1.29 is 45.3 Å². The number of phenolic OH excluding ortho intramolecular Hbond substituents is 1. The van der Waals surface area contributed by atoms with Gasteiger partial charge in [0.2, 0.25) is 0 Å². The van der Waals surface area contributed by atoms with Crippen LogP contribution < -0.4 is 4.74 Å². The van der Waals surface area contributed by atoms with Crippen molar-refractivity contribution in [3.05, 3.63) is 48.5 Å². The molecule has 0 heterocycles. The molecule has 2 aromatic rings. The summed E-state index contributed by atoms with van der Waals surface area (Å²) in [5, 5.41) is 9.44. The van der Waals surface area contributed by atoms with Crippen molar-refractivity contribution in [3.63, 3.8) is 0 Å². The molecule has 0 aliphatic heterocycles. The number of benzene rings is 2. The van der Waals surface area contributed by atoms with E-state index in [0.29, 0.717) is 5.56 Å². The summed E-state index contributed by atoms with van der Waals surface area (Å²) < 4.78 is 95.3. The van der Waals surface area contributed by atoms with Gasteiger partial charge in [0.05, 0.1) is 0 Å². The summed E-state index contributed by atoms with van der Waals surface area (Å²) in [6.07, 6.45) is -17.3. The standard InChI is InChI=1S/C16H11F7O3/c17-14(18,26-16(22,23)15(19,20)21)9-25-13-8-11(24)6-7-12(13)10-4-2-1-3-5-10/h1-8,24H,9H2. The normalized spacial score (nSPS) is 12.9. The van der Waals surface area contributed by atoms with E-state index in [1.807, 2.05) is 0 Å². The Kier molecular flexibility index (Phi) is 5.36. The monoisotopic (exact) mass is 384 g/mol. The van der Waals surface area contributed by atoms with E-state index in [1.165, 1.54) is 12.1 Å². The Balaban J connectivity index is 2.20. The highest BCUT2D eigenvalue weighted by molar-refractivity contribution is 5.71. The van der Waals surface area contributed by atoms with Crippen molar-refractivity contribution in [3.8, 4) is 22.6 Å². The van der Waals surface area contributed by atoms with Crippen LogP contribution in [0, 0.1) is 0 Å². The molecule has 0 spiro atoms. The van der Waals surface area contributed by atoms with Gasteiger partial charge >= 0.3 is 18.4 Å². The molecule has 0 bridgehead atoms. The topological polar surface area (TPSA) is 38.7 Å². The molecule has 3 nitrogen and oxygen atoms in total. The highest BCUT2D eigenvalue weighted by Crippen LogP contribution is 2.41. The average Bonchev–Trinajstić information content (AvgIpc) is 2.52. The fraction of sp³-hybridized carbons (Fsp3) is 0.250. The van der Waals surface area contributed by atoms with Gasteiger partial charge in [-0.05, 0) is 17.7 Å². The number of halogens is 7. The third-order valence-electron chi connectivity index (χ3n) is 3.05. The van der Waals surface area contributed by atoms with Gasteiger partial charge in [0, 0.05) is 11.6 Å². The van der Waals surface area contributed by atoms with Crippen LogP contribution in [0.15, 0.2) is 48.5 Å². The fourth-order valence-electron chi connectivity index (χ4n) is 1.92. The third-order valence-corrected chi connectivity index (χ3v) is 3.05. The minimum absolute atomic E-state index is 0.210. The average molecular weight is 384 g/mol. The molecule has 0 saturated heterocycles. The molecular formula is C16H11F7O3. The molecule has 2 aromatic carbocycles. The first-order chi connectivity index (χ1) is 11.9. The first kappa shape index (κ1) is 19.8. The molecule has 0 aromatic heterocycles. The summed E-state index contributed by atoms with van der Waals surface area (Å²) in [6, 6.07) is 11.5. The van der Waals surface area contributed by atoms with Crippen LogP contribution in [-0.4, -0.2) is 30.1 Å². The zero-order chi connectivity index (χ0) is 19.6. The van der Waals surface area contributed by atoms with E-state index in [2.05, 4.69) is 9.47 Å². The van der Waals surface area contributed by atoms with Crippen LogP contribution in [0.5, 0.6) is 11.5 Å². The second-order valence-corrected chi connectivity index (χ2v) is 5.09. The molecule has 142 valence electrons. The number of ether oxygens (including phenoxy) is 2. The van der Waals surface area contributed by atoms with Gasteiger partial charge in [-0.25, -0.2) is 4.74 Å². The van der Waals surface area contributed by atoms with Crippen molar-refractivity contribution in [1.82, 2.24) is 0 Å². The van der Waals surface area contributed by atoms with Gasteiger partial charge in [0.15, 0.2) is 6.61 Å². The largest absolute Gasteiger partial charge is 0.508 e. The van der Waals surface area contributed by atoms with Gasteiger partial charge in [-0.15, -0.1) is 0 Å². The fourth-order valence-corrected chi connectivity index (χ4v) is 1.92. The summed E-state index contributed by atoms with van der Waals surface area (Å²) in [5.41, 5.74) is 0.689. The number of rotatable bonds is 6. The molecule has 0 radical (unpaired) electrons. The minimum atomic E-state index is -6.31. The van der Waals surface area contributed by atoms with Gasteiger partial charge in [-0.1, -0.05) is 30.3 Å². The molecule has 0 unspecified atom stereocenters. The third kappa shape index (κ3) is 4.78. The van der Waals surface area contributed by atoms with E-state index in [-0.39, 0.29) is 17.1 Å². The van der Waals surface area contributed by atoms with Crippen LogP contribution in [0.25, 0.3) is 11.1 Å². The SMILES string of the molecule is Oc1ccc(-c2ccccc2)c(OCC(F)(F)OC(F)(F)C(F)(F)F)c1. The lowest BCUT2D eigenvalue weighted by atomic mass is 10.0. The van der Waals surface area contributed by atoms with E-state index in [0.717, 1.165) is 6.07 Å². The maximum absolute atomic E-state index is 13.4. The first-order valence-electron chi connectivity index (χ1n) is 6.95. The van der Waals surface area contributed by atoms with Crippen LogP contribution in [0.1, 0.15) is 0 Å². The van der Waals surface area contributed by atoms with E-state index in [9.17, 15) is 35.8 Å². The van der Waals surface area contributed by atoms with Crippen LogP contribution in [0.3, 0.4) is 0 Å². The van der Waals surface area contributed by atoms with Crippen LogP contribution in [0.2, 0.25) is 0 Å². The molecule has 10 heteroatoms. The Morgan fingerprint density at radius 2 is 1.46 bits per heavy atom. The predicted molar refractivity (Wildman–Crippen MR) is 76.1 cm³/mol. The molecule has 0 amide bonds. The summed E-state index contributed by atoms with van der Waals surface area (Å²) in [5.74, 6) is -0.737. The molecular weight excluding hydrogens is 373 g/mol.